The number of pyridine rings is 1. The number of rotatable bonds is 3. The predicted molar refractivity (Wildman–Crippen MR) is 83.7 cm³/mol. The number of sulfonamides is 1. The Morgan fingerprint density at radius 2 is 1.86 bits per heavy atom. The second-order valence-corrected chi connectivity index (χ2v) is 6.58. The van der Waals surface area contributed by atoms with Gasteiger partial charge >= 0.3 is 0 Å². The molecule has 0 fully saturated rings. The number of nitrogens with zero attached hydrogens (tertiary/aromatic N) is 1. The maximum atomic E-state index is 13.1. The molecule has 0 saturated carbocycles. The second kappa shape index (κ2) is 5.38. The highest BCUT2D eigenvalue weighted by atomic mass is 32.2. The fourth-order valence-electron chi connectivity index (χ4n) is 2.25. The Balaban J connectivity index is 1.99. The van der Waals surface area contributed by atoms with Crippen LogP contribution in [0.3, 0.4) is 0 Å². The number of hydrogen-bond donors (Lipinski definition) is 1. The highest BCUT2D eigenvalue weighted by Crippen LogP contribution is 2.22. The number of aromatic nitrogens is 1. The molecular formula is C16H13FN2O2S. The molecule has 0 amide bonds. The van der Waals surface area contributed by atoms with Crippen LogP contribution < -0.4 is 4.72 Å². The molecule has 2 aromatic carbocycles. The van der Waals surface area contributed by atoms with Gasteiger partial charge in [-0.1, -0.05) is 18.2 Å². The van der Waals surface area contributed by atoms with Crippen molar-refractivity contribution in [2.45, 2.75) is 11.8 Å². The summed E-state index contributed by atoms with van der Waals surface area (Å²) in [5.41, 5.74) is 1.49. The van der Waals surface area contributed by atoms with Crippen molar-refractivity contribution in [1.29, 1.82) is 0 Å². The third-order valence-electron chi connectivity index (χ3n) is 3.27. The van der Waals surface area contributed by atoms with Gasteiger partial charge < -0.3 is 0 Å². The lowest BCUT2D eigenvalue weighted by molar-refractivity contribution is 0.598. The van der Waals surface area contributed by atoms with Crippen LogP contribution in [0.15, 0.2) is 59.6 Å². The molecule has 112 valence electrons. The van der Waals surface area contributed by atoms with Crippen molar-refractivity contribution in [2.24, 2.45) is 0 Å². The van der Waals surface area contributed by atoms with Crippen LogP contribution in [0.1, 0.15) is 5.56 Å². The van der Waals surface area contributed by atoms with Crippen molar-refractivity contribution in [3.05, 3.63) is 66.1 Å². The number of nitrogens with one attached hydrogen (secondary N) is 1. The summed E-state index contributed by atoms with van der Waals surface area (Å²) >= 11 is 0. The Hall–Kier alpha value is -2.47. The van der Waals surface area contributed by atoms with E-state index in [9.17, 15) is 12.8 Å². The SMILES string of the molecule is Cc1cc(F)ccc1S(=O)(=O)Nc1cnc2ccccc2c1. The average molecular weight is 316 g/mol. The lowest BCUT2D eigenvalue weighted by Crippen LogP contribution is -2.14. The van der Waals surface area contributed by atoms with Crippen LogP contribution in [-0.2, 0) is 10.0 Å². The summed E-state index contributed by atoms with van der Waals surface area (Å²) in [5, 5.41) is 0.832. The minimum Gasteiger partial charge on any atom is -0.278 e. The molecule has 0 saturated heterocycles. The van der Waals surface area contributed by atoms with Gasteiger partial charge in [-0.15, -0.1) is 0 Å². The van der Waals surface area contributed by atoms with E-state index >= 15 is 0 Å². The van der Waals surface area contributed by atoms with Crippen LogP contribution in [0.2, 0.25) is 0 Å². The van der Waals surface area contributed by atoms with Crippen molar-refractivity contribution in [3.8, 4) is 0 Å². The summed E-state index contributed by atoms with van der Waals surface area (Å²) in [6, 6.07) is 12.7. The number of fused-ring (bicyclic) bond motifs is 1. The highest BCUT2D eigenvalue weighted by molar-refractivity contribution is 7.92. The summed E-state index contributed by atoms with van der Waals surface area (Å²) in [6.45, 7) is 1.55. The zero-order chi connectivity index (χ0) is 15.7. The van der Waals surface area contributed by atoms with Crippen LogP contribution in [0.4, 0.5) is 10.1 Å². The molecule has 0 spiro atoms. The van der Waals surface area contributed by atoms with E-state index in [4.69, 9.17) is 0 Å². The van der Waals surface area contributed by atoms with Crippen molar-refractivity contribution in [2.75, 3.05) is 4.72 Å². The molecule has 0 aliphatic heterocycles. The normalized spacial score (nSPS) is 11.5. The molecule has 22 heavy (non-hydrogen) atoms. The van der Waals surface area contributed by atoms with E-state index in [1.54, 1.807) is 13.0 Å². The Labute approximate surface area is 127 Å². The van der Waals surface area contributed by atoms with Gasteiger partial charge in [0, 0.05) is 5.39 Å². The van der Waals surface area contributed by atoms with Crippen molar-refractivity contribution >= 4 is 26.6 Å². The van der Waals surface area contributed by atoms with Gasteiger partial charge in [0.15, 0.2) is 0 Å². The summed E-state index contributed by atoms with van der Waals surface area (Å²) in [6.07, 6.45) is 1.46. The number of hydrogen-bond acceptors (Lipinski definition) is 3. The fraction of sp³-hybridized carbons (Fsp3) is 0.0625. The quantitative estimate of drug-likeness (QED) is 0.805. The molecule has 3 aromatic rings. The van der Waals surface area contributed by atoms with Gasteiger partial charge in [0.2, 0.25) is 0 Å². The van der Waals surface area contributed by atoms with Crippen molar-refractivity contribution in [1.82, 2.24) is 4.98 Å². The van der Waals surface area contributed by atoms with Gasteiger partial charge in [-0.25, -0.2) is 12.8 Å². The molecule has 4 nitrogen and oxygen atoms in total. The third-order valence-corrected chi connectivity index (χ3v) is 4.81. The van der Waals surface area contributed by atoms with Crippen LogP contribution in [0, 0.1) is 12.7 Å². The molecule has 0 radical (unpaired) electrons. The molecular weight excluding hydrogens is 303 g/mol. The van der Waals surface area contributed by atoms with Gasteiger partial charge in [0.25, 0.3) is 10.0 Å². The smallest absolute Gasteiger partial charge is 0.262 e. The van der Waals surface area contributed by atoms with E-state index in [1.807, 2.05) is 24.3 Å². The molecule has 1 N–H and O–H groups in total. The van der Waals surface area contributed by atoms with E-state index in [-0.39, 0.29) is 4.90 Å². The van der Waals surface area contributed by atoms with Gasteiger partial charge in [0.05, 0.1) is 22.3 Å². The van der Waals surface area contributed by atoms with Crippen molar-refractivity contribution in [3.63, 3.8) is 0 Å². The first-order chi connectivity index (χ1) is 10.5. The molecule has 1 heterocycles. The molecule has 0 bridgehead atoms. The lowest BCUT2D eigenvalue weighted by Gasteiger charge is -2.10. The zero-order valence-electron chi connectivity index (χ0n) is 11.7. The molecule has 0 aliphatic rings. The summed E-state index contributed by atoms with van der Waals surface area (Å²) in [4.78, 5) is 4.25. The first-order valence-electron chi connectivity index (χ1n) is 6.59. The number of anilines is 1. The maximum Gasteiger partial charge on any atom is 0.262 e. The third kappa shape index (κ3) is 2.78. The topological polar surface area (TPSA) is 59.1 Å². The van der Waals surface area contributed by atoms with Crippen LogP contribution in [-0.4, -0.2) is 13.4 Å². The molecule has 0 unspecified atom stereocenters. The van der Waals surface area contributed by atoms with E-state index in [2.05, 4.69) is 9.71 Å². The summed E-state index contributed by atoms with van der Waals surface area (Å²) in [5.74, 6) is -0.469. The lowest BCUT2D eigenvalue weighted by atomic mass is 10.2. The Morgan fingerprint density at radius 3 is 2.64 bits per heavy atom. The zero-order valence-corrected chi connectivity index (χ0v) is 12.6. The van der Waals surface area contributed by atoms with E-state index < -0.39 is 15.8 Å². The first kappa shape index (κ1) is 14.5. The standard InChI is InChI=1S/C16H13FN2O2S/c1-11-8-13(17)6-7-16(11)22(20,21)19-14-9-12-4-2-3-5-15(12)18-10-14/h2-10,19H,1H3. The summed E-state index contributed by atoms with van der Waals surface area (Å²) < 4.78 is 40.4. The minimum atomic E-state index is -3.79. The summed E-state index contributed by atoms with van der Waals surface area (Å²) in [7, 11) is -3.79. The van der Waals surface area contributed by atoms with Gasteiger partial charge in [0.1, 0.15) is 5.82 Å². The Bertz CT molecular complexity index is 955. The minimum absolute atomic E-state index is 0.0436. The molecule has 1 aromatic heterocycles. The molecule has 3 rings (SSSR count). The van der Waals surface area contributed by atoms with E-state index in [0.29, 0.717) is 11.3 Å². The second-order valence-electron chi connectivity index (χ2n) is 4.93. The number of aryl methyl sites for hydroxylation is 1. The van der Waals surface area contributed by atoms with Gasteiger partial charge in [-0.3, -0.25) is 9.71 Å². The van der Waals surface area contributed by atoms with Crippen LogP contribution in [0.5, 0.6) is 0 Å². The maximum absolute atomic E-state index is 13.1. The Kier molecular flexibility index (Phi) is 3.54. The molecule has 0 aliphatic carbocycles. The van der Waals surface area contributed by atoms with Gasteiger partial charge in [-0.05, 0) is 42.8 Å². The molecule has 0 atom stereocenters. The molecule has 6 heteroatoms. The number of halogens is 1. The fourth-order valence-corrected chi connectivity index (χ4v) is 3.51. The van der Waals surface area contributed by atoms with E-state index in [1.165, 1.54) is 18.3 Å². The first-order valence-corrected chi connectivity index (χ1v) is 8.08. The van der Waals surface area contributed by atoms with Crippen molar-refractivity contribution < 1.29 is 12.8 Å². The van der Waals surface area contributed by atoms with Crippen LogP contribution >= 0.6 is 0 Å². The monoisotopic (exact) mass is 316 g/mol. The average Bonchev–Trinajstić information content (AvgIpc) is 2.46. The highest BCUT2D eigenvalue weighted by Gasteiger charge is 2.17. The largest absolute Gasteiger partial charge is 0.278 e. The van der Waals surface area contributed by atoms with E-state index in [0.717, 1.165) is 17.0 Å². The predicted octanol–water partition coefficient (Wildman–Crippen LogP) is 3.48. The van der Waals surface area contributed by atoms with Crippen LogP contribution in [0.25, 0.3) is 10.9 Å². The number of benzene rings is 2. The van der Waals surface area contributed by atoms with Gasteiger partial charge in [-0.2, -0.15) is 0 Å². The number of para-hydroxylation sites is 1. The Morgan fingerprint density at radius 1 is 1.09 bits per heavy atom.